The Labute approximate surface area is 69.3 Å². The molecule has 4 heteroatoms. The molecule has 0 aliphatic heterocycles. The second-order valence-electron chi connectivity index (χ2n) is 2.22. The van der Waals surface area contributed by atoms with Gasteiger partial charge in [0.05, 0.1) is 6.04 Å². The Morgan fingerprint density at radius 2 is 2.64 bits per heavy atom. The van der Waals surface area contributed by atoms with Crippen LogP contribution in [0.15, 0.2) is 11.6 Å². The molecule has 0 saturated heterocycles. The van der Waals surface area contributed by atoms with Crippen molar-refractivity contribution in [3.63, 3.8) is 0 Å². The predicted octanol–water partition coefficient (Wildman–Crippen LogP) is 1.06. The van der Waals surface area contributed by atoms with E-state index in [4.69, 9.17) is 5.73 Å². The molecule has 0 fully saturated rings. The van der Waals surface area contributed by atoms with Crippen molar-refractivity contribution >= 4 is 17.1 Å². The van der Waals surface area contributed by atoms with E-state index in [1.807, 2.05) is 6.92 Å². The largest absolute Gasteiger partial charge is 0.321 e. The standard InChI is InChI=1S/C7H10N2OS/c1-2-5(8)6(10)7-9-3-4-11-7/h3-5H,2,8H2,1H3/t5-/m0/s1. The molecule has 60 valence electrons. The molecule has 1 atom stereocenters. The van der Waals surface area contributed by atoms with Gasteiger partial charge in [0.1, 0.15) is 0 Å². The van der Waals surface area contributed by atoms with Gasteiger partial charge in [-0.05, 0) is 6.42 Å². The Morgan fingerprint density at radius 1 is 1.91 bits per heavy atom. The van der Waals surface area contributed by atoms with E-state index in [9.17, 15) is 4.79 Å². The van der Waals surface area contributed by atoms with Crippen LogP contribution in [0.2, 0.25) is 0 Å². The number of hydrogen-bond acceptors (Lipinski definition) is 4. The molecule has 1 aromatic heterocycles. The van der Waals surface area contributed by atoms with Crippen molar-refractivity contribution in [2.75, 3.05) is 0 Å². The lowest BCUT2D eigenvalue weighted by Gasteiger charge is -2.02. The van der Waals surface area contributed by atoms with Crippen molar-refractivity contribution in [2.24, 2.45) is 5.73 Å². The number of nitrogens with two attached hydrogens (primary N) is 1. The van der Waals surface area contributed by atoms with Gasteiger partial charge in [0, 0.05) is 11.6 Å². The Balaban J connectivity index is 2.70. The van der Waals surface area contributed by atoms with Gasteiger partial charge in [0.25, 0.3) is 0 Å². The average Bonchev–Trinajstić information content (AvgIpc) is 2.53. The minimum absolute atomic E-state index is 0.0532. The Hall–Kier alpha value is -0.740. The number of carbonyl (C=O) groups excluding carboxylic acids is 1. The van der Waals surface area contributed by atoms with Gasteiger partial charge >= 0.3 is 0 Å². The van der Waals surface area contributed by atoms with Crippen molar-refractivity contribution in [3.8, 4) is 0 Å². The molecule has 1 aromatic rings. The summed E-state index contributed by atoms with van der Waals surface area (Å²) in [6.07, 6.45) is 2.28. The van der Waals surface area contributed by atoms with Crippen LogP contribution in [0.25, 0.3) is 0 Å². The second kappa shape index (κ2) is 3.59. The molecular formula is C7H10N2OS. The maximum atomic E-state index is 11.3. The SMILES string of the molecule is CC[C@H](N)C(=O)c1nccs1. The lowest BCUT2D eigenvalue weighted by Crippen LogP contribution is -2.29. The number of thiazole rings is 1. The molecule has 2 N–H and O–H groups in total. The molecule has 0 aromatic carbocycles. The van der Waals surface area contributed by atoms with Crippen molar-refractivity contribution in [3.05, 3.63) is 16.6 Å². The summed E-state index contributed by atoms with van der Waals surface area (Å²) in [5.41, 5.74) is 5.52. The molecule has 0 aliphatic carbocycles. The van der Waals surface area contributed by atoms with Gasteiger partial charge in [0.2, 0.25) is 5.78 Å². The van der Waals surface area contributed by atoms with Crippen LogP contribution in [0.5, 0.6) is 0 Å². The third kappa shape index (κ3) is 1.85. The number of Topliss-reactive ketones (excluding diaryl/α,β-unsaturated/α-hetero) is 1. The fourth-order valence-corrected chi connectivity index (χ4v) is 1.33. The van der Waals surface area contributed by atoms with Crippen LogP contribution in [0.1, 0.15) is 23.1 Å². The summed E-state index contributed by atoms with van der Waals surface area (Å²) in [5, 5.41) is 2.29. The summed E-state index contributed by atoms with van der Waals surface area (Å²) in [4.78, 5) is 15.1. The number of hydrogen-bond donors (Lipinski definition) is 1. The van der Waals surface area contributed by atoms with E-state index in [0.717, 1.165) is 0 Å². The third-order valence-corrected chi connectivity index (χ3v) is 2.21. The van der Waals surface area contributed by atoms with Gasteiger partial charge in [-0.15, -0.1) is 11.3 Å². The van der Waals surface area contributed by atoms with Crippen molar-refractivity contribution in [2.45, 2.75) is 19.4 Å². The van der Waals surface area contributed by atoms with Gasteiger partial charge in [-0.3, -0.25) is 4.79 Å². The average molecular weight is 170 g/mol. The summed E-state index contributed by atoms with van der Waals surface area (Å²) in [7, 11) is 0. The van der Waals surface area contributed by atoms with Gasteiger partial charge in [-0.2, -0.15) is 0 Å². The maximum absolute atomic E-state index is 11.3. The van der Waals surface area contributed by atoms with Crippen molar-refractivity contribution in [1.29, 1.82) is 0 Å². The molecule has 1 rings (SSSR count). The van der Waals surface area contributed by atoms with Gasteiger partial charge < -0.3 is 5.73 Å². The zero-order chi connectivity index (χ0) is 8.27. The minimum Gasteiger partial charge on any atom is -0.321 e. The summed E-state index contributed by atoms with van der Waals surface area (Å²) in [6.45, 7) is 1.89. The number of ketones is 1. The van der Waals surface area contributed by atoms with Crippen LogP contribution in [0.3, 0.4) is 0 Å². The first kappa shape index (κ1) is 8.36. The zero-order valence-electron chi connectivity index (χ0n) is 6.28. The molecular weight excluding hydrogens is 160 g/mol. The van der Waals surface area contributed by atoms with Crippen LogP contribution in [0.4, 0.5) is 0 Å². The number of aromatic nitrogens is 1. The third-order valence-electron chi connectivity index (χ3n) is 1.42. The van der Waals surface area contributed by atoms with Crippen LogP contribution >= 0.6 is 11.3 Å². The van der Waals surface area contributed by atoms with Crippen LogP contribution in [-0.2, 0) is 0 Å². The highest BCUT2D eigenvalue weighted by atomic mass is 32.1. The fourth-order valence-electron chi connectivity index (χ4n) is 0.689. The monoisotopic (exact) mass is 170 g/mol. The van der Waals surface area contributed by atoms with E-state index in [-0.39, 0.29) is 11.8 Å². The summed E-state index contributed by atoms with van der Waals surface area (Å²) < 4.78 is 0. The molecule has 0 radical (unpaired) electrons. The molecule has 11 heavy (non-hydrogen) atoms. The summed E-state index contributed by atoms with van der Waals surface area (Å²) in [5.74, 6) is -0.0532. The van der Waals surface area contributed by atoms with E-state index in [1.165, 1.54) is 11.3 Å². The molecule has 0 spiro atoms. The fraction of sp³-hybridized carbons (Fsp3) is 0.429. The second-order valence-corrected chi connectivity index (χ2v) is 3.11. The smallest absolute Gasteiger partial charge is 0.207 e. The van der Waals surface area contributed by atoms with Crippen LogP contribution in [-0.4, -0.2) is 16.8 Å². The molecule has 0 saturated carbocycles. The topological polar surface area (TPSA) is 56.0 Å². The molecule has 0 unspecified atom stereocenters. The molecule has 0 amide bonds. The Morgan fingerprint density at radius 3 is 3.09 bits per heavy atom. The van der Waals surface area contributed by atoms with Crippen molar-refractivity contribution < 1.29 is 4.79 Å². The molecule has 3 nitrogen and oxygen atoms in total. The quantitative estimate of drug-likeness (QED) is 0.690. The summed E-state index contributed by atoms with van der Waals surface area (Å²) >= 11 is 1.33. The van der Waals surface area contributed by atoms with E-state index in [1.54, 1.807) is 11.6 Å². The Bertz CT molecular complexity index is 233. The highest BCUT2D eigenvalue weighted by Gasteiger charge is 2.15. The summed E-state index contributed by atoms with van der Waals surface area (Å²) in [6, 6.07) is -0.388. The van der Waals surface area contributed by atoms with Crippen LogP contribution in [0, 0.1) is 0 Å². The molecule has 1 heterocycles. The van der Waals surface area contributed by atoms with Crippen LogP contribution < -0.4 is 5.73 Å². The Kier molecular flexibility index (Phi) is 2.73. The van der Waals surface area contributed by atoms with E-state index in [2.05, 4.69) is 4.98 Å². The number of nitrogens with zero attached hydrogens (tertiary/aromatic N) is 1. The maximum Gasteiger partial charge on any atom is 0.207 e. The van der Waals surface area contributed by atoms with Crippen molar-refractivity contribution in [1.82, 2.24) is 4.98 Å². The van der Waals surface area contributed by atoms with E-state index >= 15 is 0 Å². The van der Waals surface area contributed by atoms with Gasteiger partial charge in [0.15, 0.2) is 5.01 Å². The van der Waals surface area contributed by atoms with E-state index < -0.39 is 0 Å². The predicted molar refractivity (Wildman–Crippen MR) is 44.7 cm³/mol. The number of rotatable bonds is 3. The highest BCUT2D eigenvalue weighted by molar-refractivity contribution is 7.11. The van der Waals surface area contributed by atoms with Gasteiger partial charge in [-0.25, -0.2) is 4.98 Å². The first-order valence-corrected chi connectivity index (χ1v) is 4.33. The first-order chi connectivity index (χ1) is 5.25. The normalized spacial score (nSPS) is 12.9. The lowest BCUT2D eigenvalue weighted by atomic mass is 10.1. The lowest BCUT2D eigenvalue weighted by molar-refractivity contribution is 0.0959. The number of carbonyl (C=O) groups is 1. The van der Waals surface area contributed by atoms with E-state index in [0.29, 0.717) is 11.4 Å². The zero-order valence-corrected chi connectivity index (χ0v) is 7.10. The molecule has 0 aliphatic rings. The minimum atomic E-state index is -0.388. The molecule has 0 bridgehead atoms. The van der Waals surface area contributed by atoms with Gasteiger partial charge in [-0.1, -0.05) is 6.92 Å². The first-order valence-electron chi connectivity index (χ1n) is 3.45. The highest BCUT2D eigenvalue weighted by Crippen LogP contribution is 2.07.